The van der Waals surface area contributed by atoms with Gasteiger partial charge >= 0.3 is 5.97 Å². The maximum atomic E-state index is 12.9. The van der Waals surface area contributed by atoms with Crippen LogP contribution in [0.4, 0.5) is 0 Å². The van der Waals surface area contributed by atoms with Crippen molar-refractivity contribution in [1.82, 2.24) is 9.88 Å². The molecule has 2 N–H and O–H groups in total. The van der Waals surface area contributed by atoms with E-state index in [0.29, 0.717) is 0 Å². The van der Waals surface area contributed by atoms with Crippen molar-refractivity contribution in [3.8, 4) is 0 Å². The van der Waals surface area contributed by atoms with Gasteiger partial charge < -0.3 is 15.0 Å². The monoisotopic (exact) mass is 368 g/mol. The van der Waals surface area contributed by atoms with Crippen LogP contribution in [0.3, 0.4) is 0 Å². The highest BCUT2D eigenvalue weighted by Gasteiger charge is 2.29. The Hall–Kier alpha value is -2.89. The summed E-state index contributed by atoms with van der Waals surface area (Å²) in [5, 5.41) is 9.62. The molecule has 0 saturated carbocycles. The molecule has 0 aliphatic heterocycles. The van der Waals surface area contributed by atoms with E-state index in [1.807, 2.05) is 30.3 Å². The highest BCUT2D eigenvalue weighted by Crippen LogP contribution is 2.19. The van der Waals surface area contributed by atoms with Crippen LogP contribution in [0.2, 0.25) is 0 Å². The van der Waals surface area contributed by atoms with Crippen LogP contribution in [-0.2, 0) is 24.1 Å². The molecule has 0 spiro atoms. The van der Waals surface area contributed by atoms with Gasteiger partial charge in [-0.3, -0.25) is 9.59 Å². The number of aromatic amines is 1. The molecule has 3 rings (SSSR count). The number of nitrogens with zero attached hydrogens (tertiary/aromatic N) is 1. The van der Waals surface area contributed by atoms with E-state index in [4.69, 9.17) is 0 Å². The number of rotatable bonds is 5. The van der Waals surface area contributed by atoms with Gasteiger partial charge in [0.1, 0.15) is 11.6 Å². The average Bonchev–Trinajstić information content (AvgIpc) is 2.89. The molecule has 2 aromatic rings. The van der Waals surface area contributed by atoms with Crippen LogP contribution in [0.5, 0.6) is 0 Å². The molecular formula is C21H24N2O4. The number of nitrogens with one attached hydrogen (secondary N) is 1. The molecule has 1 aliphatic rings. The van der Waals surface area contributed by atoms with Crippen molar-refractivity contribution in [2.24, 2.45) is 0 Å². The number of benzene rings is 1. The predicted octanol–water partition coefficient (Wildman–Crippen LogP) is 2.41. The molecule has 6 nitrogen and oxygen atoms in total. The number of amides is 1. The van der Waals surface area contributed by atoms with Gasteiger partial charge in [0.15, 0.2) is 0 Å². The second kappa shape index (κ2) is 8.20. The summed E-state index contributed by atoms with van der Waals surface area (Å²) in [6.45, 7) is 0. The summed E-state index contributed by atoms with van der Waals surface area (Å²) in [7, 11) is 1.44. The van der Waals surface area contributed by atoms with Gasteiger partial charge in [-0.25, -0.2) is 4.79 Å². The smallest absolute Gasteiger partial charge is 0.326 e. The van der Waals surface area contributed by atoms with Crippen LogP contribution >= 0.6 is 0 Å². The number of hydrogen-bond acceptors (Lipinski definition) is 3. The molecule has 1 atom stereocenters. The molecule has 1 aliphatic carbocycles. The first-order valence-corrected chi connectivity index (χ1v) is 9.26. The second-order valence-electron chi connectivity index (χ2n) is 7.04. The van der Waals surface area contributed by atoms with Crippen molar-refractivity contribution in [1.29, 1.82) is 0 Å². The fraction of sp³-hybridized carbons (Fsp3) is 0.381. The molecule has 0 bridgehead atoms. The normalized spacial score (nSPS) is 14.7. The molecular weight excluding hydrogens is 344 g/mol. The predicted molar refractivity (Wildman–Crippen MR) is 102 cm³/mol. The van der Waals surface area contributed by atoms with Gasteiger partial charge in [-0.1, -0.05) is 36.8 Å². The summed E-state index contributed by atoms with van der Waals surface area (Å²) in [5.41, 5.74) is 2.27. The van der Waals surface area contributed by atoms with E-state index in [0.717, 1.165) is 53.8 Å². The number of H-pyrrole nitrogens is 1. The number of carbonyl (C=O) groups is 2. The van der Waals surface area contributed by atoms with Crippen LogP contribution in [-0.4, -0.2) is 40.0 Å². The van der Waals surface area contributed by atoms with E-state index >= 15 is 0 Å². The number of fused-ring (bicyclic) bond motifs is 1. The number of carboxylic acid groups (broad SMARTS) is 1. The SMILES string of the molecule is CN(C(=O)c1cc2c([nH]c1=O)CCCCC2)C(Cc1ccccc1)C(=O)O. The molecule has 1 aromatic heterocycles. The average molecular weight is 368 g/mol. The Labute approximate surface area is 157 Å². The Kier molecular flexibility index (Phi) is 5.74. The number of hydrogen-bond donors (Lipinski definition) is 2. The standard InChI is InChI=1S/C21H24N2O4/c1-23(18(21(26)27)12-14-8-4-2-5-9-14)20(25)16-13-15-10-6-3-7-11-17(15)22-19(16)24/h2,4-5,8-9,13,18H,3,6-7,10-12H2,1H3,(H,22,24)(H,26,27). The third-order valence-corrected chi connectivity index (χ3v) is 5.16. The molecule has 27 heavy (non-hydrogen) atoms. The van der Waals surface area contributed by atoms with Crippen molar-refractivity contribution in [3.63, 3.8) is 0 Å². The van der Waals surface area contributed by atoms with Gasteiger partial charge in [0.05, 0.1) is 0 Å². The fourth-order valence-electron chi connectivity index (χ4n) is 3.57. The van der Waals surface area contributed by atoms with E-state index in [9.17, 15) is 19.5 Å². The number of carboxylic acids is 1. The van der Waals surface area contributed by atoms with Crippen molar-refractivity contribution in [2.45, 2.75) is 44.6 Å². The molecule has 1 unspecified atom stereocenters. The van der Waals surface area contributed by atoms with Crippen LogP contribution in [0, 0.1) is 0 Å². The topological polar surface area (TPSA) is 90.5 Å². The molecule has 0 saturated heterocycles. The highest BCUT2D eigenvalue weighted by molar-refractivity contribution is 5.96. The van der Waals surface area contributed by atoms with Gasteiger partial charge in [0.2, 0.25) is 0 Å². The number of carbonyl (C=O) groups excluding carboxylic acids is 1. The first kappa shape index (κ1) is 18.9. The maximum absolute atomic E-state index is 12.9. The van der Waals surface area contributed by atoms with Crippen molar-refractivity contribution in [3.05, 3.63) is 69.1 Å². The minimum Gasteiger partial charge on any atom is -0.480 e. The molecule has 1 aromatic carbocycles. The summed E-state index contributed by atoms with van der Waals surface area (Å²) in [4.78, 5) is 41.1. The summed E-state index contributed by atoms with van der Waals surface area (Å²) in [6.07, 6.45) is 4.95. The summed E-state index contributed by atoms with van der Waals surface area (Å²) in [6, 6.07) is 9.76. The quantitative estimate of drug-likeness (QED) is 0.793. The lowest BCUT2D eigenvalue weighted by Gasteiger charge is -2.25. The number of aromatic nitrogens is 1. The Balaban J connectivity index is 1.88. The zero-order valence-electron chi connectivity index (χ0n) is 15.4. The van der Waals surface area contributed by atoms with Crippen molar-refractivity contribution >= 4 is 11.9 Å². The lowest BCUT2D eigenvalue weighted by Crippen LogP contribution is -2.45. The van der Waals surface area contributed by atoms with Gasteiger partial charge in [0, 0.05) is 19.2 Å². The molecule has 1 heterocycles. The molecule has 1 amide bonds. The zero-order chi connectivity index (χ0) is 19.4. The van der Waals surface area contributed by atoms with Crippen LogP contribution < -0.4 is 5.56 Å². The van der Waals surface area contributed by atoms with Gasteiger partial charge in [-0.15, -0.1) is 0 Å². The van der Waals surface area contributed by atoms with Gasteiger partial charge in [-0.2, -0.15) is 0 Å². The highest BCUT2D eigenvalue weighted by atomic mass is 16.4. The Bertz CT molecular complexity index is 889. The minimum absolute atomic E-state index is 0.0115. The first-order chi connectivity index (χ1) is 13.0. The molecule has 6 heteroatoms. The van der Waals surface area contributed by atoms with Crippen LogP contribution in [0.15, 0.2) is 41.2 Å². The number of pyridine rings is 1. The lowest BCUT2D eigenvalue weighted by molar-refractivity contribution is -0.141. The minimum atomic E-state index is -1.10. The Morgan fingerprint density at radius 2 is 1.85 bits per heavy atom. The number of aliphatic carboxylic acids is 1. The summed E-state index contributed by atoms with van der Waals surface area (Å²) < 4.78 is 0. The van der Waals surface area contributed by atoms with Gasteiger partial charge in [-0.05, 0) is 42.9 Å². The van der Waals surface area contributed by atoms with E-state index in [-0.39, 0.29) is 12.0 Å². The van der Waals surface area contributed by atoms with Crippen molar-refractivity contribution < 1.29 is 14.7 Å². The number of likely N-dealkylation sites (N-methyl/N-ethyl adjacent to an activating group) is 1. The second-order valence-corrected chi connectivity index (χ2v) is 7.04. The van der Waals surface area contributed by atoms with E-state index < -0.39 is 23.5 Å². The Morgan fingerprint density at radius 3 is 2.56 bits per heavy atom. The zero-order valence-corrected chi connectivity index (χ0v) is 15.4. The van der Waals surface area contributed by atoms with Crippen LogP contribution in [0.25, 0.3) is 0 Å². The Morgan fingerprint density at radius 1 is 1.15 bits per heavy atom. The van der Waals surface area contributed by atoms with Crippen molar-refractivity contribution in [2.75, 3.05) is 7.05 Å². The van der Waals surface area contributed by atoms with E-state index in [1.54, 1.807) is 6.07 Å². The molecule has 142 valence electrons. The third-order valence-electron chi connectivity index (χ3n) is 5.16. The van der Waals surface area contributed by atoms with Crippen LogP contribution in [0.1, 0.15) is 46.4 Å². The molecule has 0 fully saturated rings. The number of aryl methyl sites for hydroxylation is 2. The van der Waals surface area contributed by atoms with E-state index in [2.05, 4.69) is 4.98 Å². The largest absolute Gasteiger partial charge is 0.480 e. The van der Waals surface area contributed by atoms with E-state index in [1.165, 1.54) is 7.05 Å². The third kappa shape index (κ3) is 4.27. The summed E-state index contributed by atoms with van der Waals surface area (Å²) >= 11 is 0. The maximum Gasteiger partial charge on any atom is 0.326 e. The molecule has 0 radical (unpaired) electrons. The van der Waals surface area contributed by atoms with Gasteiger partial charge in [0.25, 0.3) is 11.5 Å². The fourth-order valence-corrected chi connectivity index (χ4v) is 3.57. The first-order valence-electron chi connectivity index (χ1n) is 9.26. The lowest BCUT2D eigenvalue weighted by atomic mass is 10.0. The summed E-state index contributed by atoms with van der Waals surface area (Å²) in [5.74, 6) is -1.66.